The summed E-state index contributed by atoms with van der Waals surface area (Å²) in [5.41, 5.74) is 3.05. The number of hydrogen-bond acceptors (Lipinski definition) is 2. The molecular formula is C16H24N2O. The summed E-state index contributed by atoms with van der Waals surface area (Å²) >= 11 is 0. The molecule has 1 N–H and O–H groups in total. The molecule has 0 saturated heterocycles. The predicted molar refractivity (Wildman–Crippen MR) is 79.7 cm³/mol. The summed E-state index contributed by atoms with van der Waals surface area (Å²) in [6.07, 6.45) is 3.03. The van der Waals surface area contributed by atoms with Crippen LogP contribution in [0.3, 0.4) is 0 Å². The number of hydrogen-bond donors (Lipinski definition) is 1. The lowest BCUT2D eigenvalue weighted by molar-refractivity contribution is 0.0619. The Balaban J connectivity index is 2.34. The molecule has 0 unspecified atom stereocenters. The zero-order valence-corrected chi connectivity index (χ0v) is 12.4. The van der Waals surface area contributed by atoms with Gasteiger partial charge in [-0.05, 0) is 50.8 Å². The van der Waals surface area contributed by atoms with Gasteiger partial charge in [-0.1, -0.05) is 13.0 Å². The molecule has 19 heavy (non-hydrogen) atoms. The van der Waals surface area contributed by atoms with Crippen LogP contribution in [-0.4, -0.2) is 29.9 Å². The molecule has 1 aliphatic heterocycles. The van der Waals surface area contributed by atoms with E-state index in [0.717, 1.165) is 37.1 Å². The average Bonchev–Trinajstić information content (AvgIpc) is 2.45. The van der Waals surface area contributed by atoms with E-state index in [9.17, 15) is 4.79 Å². The molecule has 0 bridgehead atoms. The van der Waals surface area contributed by atoms with Gasteiger partial charge in [-0.2, -0.15) is 0 Å². The smallest absolute Gasteiger partial charge is 0.254 e. The second-order valence-electron chi connectivity index (χ2n) is 5.89. The summed E-state index contributed by atoms with van der Waals surface area (Å²) in [4.78, 5) is 14.6. The van der Waals surface area contributed by atoms with Gasteiger partial charge in [0.15, 0.2) is 0 Å². The quantitative estimate of drug-likeness (QED) is 0.904. The van der Waals surface area contributed by atoms with E-state index in [1.54, 1.807) is 0 Å². The Hall–Kier alpha value is -1.51. The minimum atomic E-state index is -0.109. The lowest BCUT2D eigenvalue weighted by Crippen LogP contribution is -2.44. The topological polar surface area (TPSA) is 32.3 Å². The summed E-state index contributed by atoms with van der Waals surface area (Å²) in [5.74, 6) is 0.132. The van der Waals surface area contributed by atoms with Gasteiger partial charge in [-0.3, -0.25) is 4.79 Å². The Morgan fingerprint density at radius 3 is 2.84 bits per heavy atom. The Morgan fingerprint density at radius 2 is 2.16 bits per heavy atom. The van der Waals surface area contributed by atoms with Crippen molar-refractivity contribution in [3.05, 3.63) is 29.3 Å². The van der Waals surface area contributed by atoms with E-state index in [1.807, 2.05) is 24.1 Å². The molecule has 1 heterocycles. The molecule has 0 saturated carbocycles. The van der Waals surface area contributed by atoms with Gasteiger partial charge in [-0.25, -0.2) is 0 Å². The molecule has 104 valence electrons. The number of carbonyl (C=O) groups excluding carboxylic acids is 1. The number of rotatable bonds is 3. The maximum Gasteiger partial charge on any atom is 0.254 e. The fourth-order valence-electron chi connectivity index (χ4n) is 2.40. The Labute approximate surface area is 116 Å². The van der Waals surface area contributed by atoms with Crippen LogP contribution < -0.4 is 5.32 Å². The van der Waals surface area contributed by atoms with Crippen LogP contribution in [0.25, 0.3) is 0 Å². The zero-order valence-electron chi connectivity index (χ0n) is 12.4. The lowest BCUT2D eigenvalue weighted by atomic mass is 9.94. The second-order valence-corrected chi connectivity index (χ2v) is 5.89. The monoisotopic (exact) mass is 260 g/mol. The fourth-order valence-corrected chi connectivity index (χ4v) is 2.40. The third-order valence-corrected chi connectivity index (χ3v) is 4.40. The minimum absolute atomic E-state index is 0.109. The first-order chi connectivity index (χ1) is 8.97. The van der Waals surface area contributed by atoms with Crippen LogP contribution in [0.5, 0.6) is 0 Å². The average molecular weight is 260 g/mol. The molecule has 0 spiro atoms. The lowest BCUT2D eigenvalue weighted by Gasteiger charge is -2.35. The van der Waals surface area contributed by atoms with E-state index in [4.69, 9.17) is 0 Å². The Kier molecular flexibility index (Phi) is 3.83. The molecule has 0 fully saturated rings. The van der Waals surface area contributed by atoms with Gasteiger partial charge in [-0.15, -0.1) is 0 Å². The molecular weight excluding hydrogens is 236 g/mol. The fraction of sp³-hybridized carbons (Fsp3) is 0.562. The van der Waals surface area contributed by atoms with Crippen molar-refractivity contribution in [3.63, 3.8) is 0 Å². The van der Waals surface area contributed by atoms with Crippen LogP contribution >= 0.6 is 0 Å². The van der Waals surface area contributed by atoms with Gasteiger partial charge in [0.1, 0.15) is 0 Å². The number of amides is 1. The third-order valence-electron chi connectivity index (χ3n) is 4.40. The highest BCUT2D eigenvalue weighted by Gasteiger charge is 2.28. The van der Waals surface area contributed by atoms with Crippen LogP contribution in [0.1, 0.15) is 49.5 Å². The largest absolute Gasteiger partial charge is 0.385 e. The summed E-state index contributed by atoms with van der Waals surface area (Å²) in [5, 5.41) is 3.38. The summed E-state index contributed by atoms with van der Waals surface area (Å²) in [6, 6.07) is 5.99. The van der Waals surface area contributed by atoms with Gasteiger partial charge >= 0.3 is 0 Å². The first-order valence-electron chi connectivity index (χ1n) is 7.11. The van der Waals surface area contributed by atoms with Crippen LogP contribution in [0.4, 0.5) is 5.69 Å². The van der Waals surface area contributed by atoms with Gasteiger partial charge < -0.3 is 10.2 Å². The van der Waals surface area contributed by atoms with E-state index in [1.165, 1.54) is 5.56 Å². The minimum Gasteiger partial charge on any atom is -0.385 e. The number of nitrogens with zero attached hydrogens (tertiary/aromatic N) is 1. The van der Waals surface area contributed by atoms with Crippen molar-refractivity contribution in [2.24, 2.45) is 0 Å². The predicted octanol–water partition coefficient (Wildman–Crippen LogP) is 3.31. The van der Waals surface area contributed by atoms with E-state index in [-0.39, 0.29) is 11.4 Å². The molecule has 0 atom stereocenters. The van der Waals surface area contributed by atoms with Crippen LogP contribution in [0, 0.1) is 0 Å². The highest BCUT2D eigenvalue weighted by Crippen LogP contribution is 2.28. The summed E-state index contributed by atoms with van der Waals surface area (Å²) < 4.78 is 0. The first-order valence-corrected chi connectivity index (χ1v) is 7.11. The molecule has 0 radical (unpaired) electrons. The summed E-state index contributed by atoms with van der Waals surface area (Å²) in [6.45, 7) is 7.34. The highest BCUT2D eigenvalue weighted by molar-refractivity contribution is 5.97. The number of anilines is 1. The molecule has 3 nitrogen and oxygen atoms in total. The standard InChI is InChI=1S/C16H24N2O/c1-5-16(2,3)18(4)15(19)13-8-6-10-14-12(13)9-7-11-17-14/h6,8,10,17H,5,7,9,11H2,1-4H3. The highest BCUT2D eigenvalue weighted by atomic mass is 16.2. The number of benzene rings is 1. The van der Waals surface area contributed by atoms with Crippen molar-refractivity contribution < 1.29 is 4.79 Å². The molecule has 0 aromatic heterocycles. The maximum atomic E-state index is 12.7. The van der Waals surface area contributed by atoms with Gasteiger partial charge in [0.05, 0.1) is 0 Å². The summed E-state index contributed by atoms with van der Waals surface area (Å²) in [7, 11) is 1.90. The van der Waals surface area contributed by atoms with E-state index in [2.05, 4.69) is 32.2 Å². The van der Waals surface area contributed by atoms with E-state index >= 15 is 0 Å². The first kappa shape index (κ1) is 13.9. The zero-order chi connectivity index (χ0) is 14.0. The normalized spacial score (nSPS) is 14.5. The van der Waals surface area contributed by atoms with E-state index < -0.39 is 0 Å². The van der Waals surface area contributed by atoms with Gasteiger partial charge in [0.2, 0.25) is 0 Å². The number of nitrogens with one attached hydrogen (secondary N) is 1. The van der Waals surface area contributed by atoms with Crippen molar-refractivity contribution in [2.75, 3.05) is 18.9 Å². The van der Waals surface area contributed by atoms with Crippen molar-refractivity contribution in [1.29, 1.82) is 0 Å². The van der Waals surface area contributed by atoms with Crippen LogP contribution in [0.15, 0.2) is 18.2 Å². The third kappa shape index (κ3) is 2.60. The molecule has 0 aliphatic carbocycles. The Morgan fingerprint density at radius 1 is 1.42 bits per heavy atom. The van der Waals surface area contributed by atoms with Crippen LogP contribution in [-0.2, 0) is 6.42 Å². The van der Waals surface area contributed by atoms with Crippen molar-refractivity contribution in [3.8, 4) is 0 Å². The van der Waals surface area contributed by atoms with Crippen molar-refractivity contribution >= 4 is 11.6 Å². The van der Waals surface area contributed by atoms with Crippen LogP contribution in [0.2, 0.25) is 0 Å². The second kappa shape index (κ2) is 5.24. The molecule has 1 aliphatic rings. The molecule has 1 amide bonds. The molecule has 2 rings (SSSR count). The number of fused-ring (bicyclic) bond motifs is 1. The number of carbonyl (C=O) groups is 1. The van der Waals surface area contributed by atoms with Crippen molar-refractivity contribution in [2.45, 2.75) is 45.6 Å². The molecule has 3 heteroatoms. The van der Waals surface area contributed by atoms with Gasteiger partial charge in [0, 0.05) is 30.4 Å². The SMILES string of the molecule is CCC(C)(C)N(C)C(=O)c1cccc2c1CCCN2. The maximum absolute atomic E-state index is 12.7. The van der Waals surface area contributed by atoms with Gasteiger partial charge in [0.25, 0.3) is 5.91 Å². The molecule has 1 aromatic rings. The van der Waals surface area contributed by atoms with Crippen molar-refractivity contribution in [1.82, 2.24) is 4.90 Å². The van der Waals surface area contributed by atoms with E-state index in [0.29, 0.717) is 0 Å². The molecule has 1 aromatic carbocycles. The Bertz CT molecular complexity index is 480.